The molecule has 0 spiro atoms. The number of nitrogens with zero attached hydrogens (tertiary/aromatic N) is 1. The zero-order chi connectivity index (χ0) is 28.2. The average Bonchev–Trinajstić information content (AvgIpc) is 3.28. The van der Waals surface area contributed by atoms with Crippen molar-refractivity contribution in [1.82, 2.24) is 4.90 Å². The van der Waals surface area contributed by atoms with Gasteiger partial charge in [-0.1, -0.05) is 24.3 Å². The Labute approximate surface area is 231 Å². The second-order valence-corrected chi connectivity index (χ2v) is 11.9. The highest BCUT2D eigenvalue weighted by molar-refractivity contribution is 7.98. The number of likely N-dealkylation sites (tertiary alicyclic amines) is 1. The van der Waals surface area contributed by atoms with Crippen LogP contribution in [0.2, 0.25) is 0 Å². The molecule has 1 amide bonds. The molecule has 1 aliphatic heterocycles. The molecule has 1 heterocycles. The Morgan fingerprint density at radius 2 is 1.66 bits per heavy atom. The highest BCUT2D eigenvalue weighted by Crippen LogP contribution is 2.34. The average molecular weight is 540 g/mol. The number of Topliss-reactive ketones (excluding diaryl/α,β-unsaturated/α-hetero) is 2. The van der Waals surface area contributed by atoms with Crippen LogP contribution in [0, 0.1) is 25.7 Å². The fourth-order valence-corrected chi connectivity index (χ4v) is 5.29. The van der Waals surface area contributed by atoms with Crippen LogP contribution in [-0.2, 0) is 16.0 Å². The van der Waals surface area contributed by atoms with Gasteiger partial charge in [0.1, 0.15) is 5.75 Å². The van der Waals surface area contributed by atoms with E-state index in [1.807, 2.05) is 58.2 Å². The van der Waals surface area contributed by atoms with Crippen molar-refractivity contribution in [2.24, 2.45) is 11.8 Å². The summed E-state index contributed by atoms with van der Waals surface area (Å²) >= 11 is 1.64. The minimum Gasteiger partial charge on any atom is -0.480 e. The number of amides is 1. The summed E-state index contributed by atoms with van der Waals surface area (Å²) in [6.07, 6.45) is 2.97. The zero-order valence-electron chi connectivity index (χ0n) is 23.9. The summed E-state index contributed by atoms with van der Waals surface area (Å²) < 4.78 is 11.5. The summed E-state index contributed by atoms with van der Waals surface area (Å²) in [5.74, 6) is 0.525. The molecule has 38 heavy (non-hydrogen) atoms. The Bertz CT molecular complexity index is 1150. The maximum absolute atomic E-state index is 13.6. The van der Waals surface area contributed by atoms with Crippen LogP contribution in [0.5, 0.6) is 5.75 Å². The SMILES string of the molecule is CSc1ccc(C(=O)[C@H]2CN(C(=O)OC(C)C)C[C@@H]2CCc2cc(C)c(OC(C)(C)C(C)=O)c(C)c2)cc1. The van der Waals surface area contributed by atoms with Gasteiger partial charge in [-0.3, -0.25) is 9.59 Å². The summed E-state index contributed by atoms with van der Waals surface area (Å²) in [5.41, 5.74) is 2.88. The first-order chi connectivity index (χ1) is 17.8. The first-order valence-electron chi connectivity index (χ1n) is 13.3. The topological polar surface area (TPSA) is 72.9 Å². The molecule has 0 radical (unpaired) electrons. The number of hydrogen-bond donors (Lipinski definition) is 0. The molecule has 0 saturated carbocycles. The summed E-state index contributed by atoms with van der Waals surface area (Å²) in [6.45, 7) is 13.6. The number of ketones is 2. The number of rotatable bonds is 10. The molecule has 1 fully saturated rings. The lowest BCUT2D eigenvalue weighted by Crippen LogP contribution is -2.36. The Kier molecular flexibility index (Phi) is 9.69. The van der Waals surface area contributed by atoms with E-state index >= 15 is 0 Å². The molecule has 0 aliphatic carbocycles. The third-order valence-corrected chi connectivity index (χ3v) is 8.02. The summed E-state index contributed by atoms with van der Waals surface area (Å²) in [7, 11) is 0. The van der Waals surface area contributed by atoms with Crippen molar-refractivity contribution in [2.75, 3.05) is 19.3 Å². The van der Waals surface area contributed by atoms with Crippen LogP contribution in [0.4, 0.5) is 4.79 Å². The molecule has 0 aromatic heterocycles. The van der Waals surface area contributed by atoms with E-state index in [0.29, 0.717) is 18.7 Å². The number of thioether (sulfide) groups is 1. The van der Waals surface area contributed by atoms with E-state index in [4.69, 9.17) is 9.47 Å². The summed E-state index contributed by atoms with van der Waals surface area (Å²) in [5, 5.41) is 0. The molecular formula is C31H41NO5S. The van der Waals surface area contributed by atoms with E-state index in [-0.39, 0.29) is 35.6 Å². The van der Waals surface area contributed by atoms with Gasteiger partial charge in [0, 0.05) is 29.5 Å². The molecule has 7 heteroatoms. The predicted molar refractivity (Wildman–Crippen MR) is 152 cm³/mol. The van der Waals surface area contributed by atoms with E-state index in [9.17, 15) is 14.4 Å². The second-order valence-electron chi connectivity index (χ2n) is 11.1. The molecular weight excluding hydrogens is 498 g/mol. The van der Waals surface area contributed by atoms with Crippen LogP contribution in [0.3, 0.4) is 0 Å². The number of aryl methyl sites for hydroxylation is 3. The van der Waals surface area contributed by atoms with Gasteiger partial charge in [0.25, 0.3) is 0 Å². The van der Waals surface area contributed by atoms with Gasteiger partial charge in [-0.25, -0.2) is 4.79 Å². The molecule has 1 saturated heterocycles. The Morgan fingerprint density at radius 1 is 1.05 bits per heavy atom. The predicted octanol–water partition coefficient (Wildman–Crippen LogP) is 6.68. The largest absolute Gasteiger partial charge is 0.480 e. The molecule has 6 nitrogen and oxygen atoms in total. The monoisotopic (exact) mass is 539 g/mol. The standard InChI is InChI=1S/C31H41NO5S/c1-19(2)36-30(35)32-17-25(27(18-32)28(34)24-11-13-26(38-8)14-12-24)10-9-23-15-20(3)29(21(4)16-23)37-31(6,7)22(5)33/h11-16,19,25,27H,9-10,17-18H2,1-8H3/t25-,27-/m0/s1. The molecule has 206 valence electrons. The zero-order valence-corrected chi connectivity index (χ0v) is 24.7. The highest BCUT2D eigenvalue weighted by Gasteiger charge is 2.40. The lowest BCUT2D eigenvalue weighted by Gasteiger charge is -2.26. The first-order valence-corrected chi connectivity index (χ1v) is 14.5. The lowest BCUT2D eigenvalue weighted by atomic mass is 9.84. The first kappa shape index (κ1) is 29.8. The number of benzene rings is 2. The fraction of sp³-hybridized carbons (Fsp3) is 0.516. The molecule has 0 N–H and O–H groups in total. The van der Waals surface area contributed by atoms with Crippen molar-refractivity contribution in [3.05, 3.63) is 58.7 Å². The van der Waals surface area contributed by atoms with Crippen LogP contribution in [0.1, 0.15) is 68.1 Å². The van der Waals surface area contributed by atoms with E-state index < -0.39 is 5.60 Å². The molecule has 2 aromatic rings. The highest BCUT2D eigenvalue weighted by atomic mass is 32.2. The maximum Gasteiger partial charge on any atom is 0.410 e. The fourth-order valence-electron chi connectivity index (χ4n) is 4.88. The minimum atomic E-state index is -0.892. The third-order valence-electron chi connectivity index (χ3n) is 7.28. The minimum absolute atomic E-state index is 0.0237. The molecule has 1 aliphatic rings. The van der Waals surface area contributed by atoms with Gasteiger partial charge in [-0.2, -0.15) is 0 Å². The second kappa shape index (κ2) is 12.4. The number of ether oxygens (including phenoxy) is 2. The van der Waals surface area contributed by atoms with Gasteiger partial charge < -0.3 is 14.4 Å². The number of carbonyl (C=O) groups is 3. The molecule has 2 aromatic carbocycles. The third kappa shape index (κ3) is 7.19. The van der Waals surface area contributed by atoms with Crippen molar-refractivity contribution >= 4 is 29.4 Å². The van der Waals surface area contributed by atoms with E-state index in [1.54, 1.807) is 30.5 Å². The molecule has 0 bridgehead atoms. The Balaban J connectivity index is 1.79. The van der Waals surface area contributed by atoms with Crippen LogP contribution in [0.25, 0.3) is 0 Å². The van der Waals surface area contributed by atoms with Gasteiger partial charge in [0.15, 0.2) is 17.2 Å². The van der Waals surface area contributed by atoms with Gasteiger partial charge in [0.05, 0.1) is 6.10 Å². The van der Waals surface area contributed by atoms with Crippen molar-refractivity contribution in [1.29, 1.82) is 0 Å². The van der Waals surface area contributed by atoms with Gasteiger partial charge in [0.2, 0.25) is 0 Å². The van der Waals surface area contributed by atoms with Crippen molar-refractivity contribution in [3.63, 3.8) is 0 Å². The van der Waals surface area contributed by atoms with Gasteiger partial charge in [-0.15, -0.1) is 11.8 Å². The maximum atomic E-state index is 13.6. The van der Waals surface area contributed by atoms with Crippen LogP contribution in [-0.4, -0.2) is 53.6 Å². The number of carbonyl (C=O) groups excluding carboxylic acids is 3. The van der Waals surface area contributed by atoms with Crippen LogP contribution in [0.15, 0.2) is 41.3 Å². The quantitative estimate of drug-likeness (QED) is 0.248. The summed E-state index contributed by atoms with van der Waals surface area (Å²) in [6, 6.07) is 11.9. The van der Waals surface area contributed by atoms with E-state index in [1.165, 1.54) is 6.92 Å². The van der Waals surface area contributed by atoms with Crippen molar-refractivity contribution in [3.8, 4) is 5.75 Å². The number of hydrogen-bond acceptors (Lipinski definition) is 6. The molecule has 2 atom stereocenters. The lowest BCUT2D eigenvalue weighted by molar-refractivity contribution is -0.129. The van der Waals surface area contributed by atoms with Gasteiger partial charge >= 0.3 is 6.09 Å². The molecule has 3 rings (SSSR count). The smallest absolute Gasteiger partial charge is 0.410 e. The van der Waals surface area contributed by atoms with E-state index in [0.717, 1.165) is 40.2 Å². The van der Waals surface area contributed by atoms with Crippen LogP contribution < -0.4 is 4.74 Å². The van der Waals surface area contributed by atoms with Crippen molar-refractivity contribution < 1.29 is 23.9 Å². The van der Waals surface area contributed by atoms with Crippen molar-refractivity contribution in [2.45, 2.75) is 77.9 Å². The molecule has 0 unspecified atom stereocenters. The van der Waals surface area contributed by atoms with E-state index in [2.05, 4.69) is 12.1 Å². The normalized spacial score (nSPS) is 17.6. The Hall–Kier alpha value is -2.80. The summed E-state index contributed by atoms with van der Waals surface area (Å²) in [4.78, 5) is 41.0. The Morgan fingerprint density at radius 3 is 2.18 bits per heavy atom. The van der Waals surface area contributed by atoms with Gasteiger partial charge in [-0.05, 0) is 102 Å². The van der Waals surface area contributed by atoms with Crippen LogP contribution >= 0.6 is 11.8 Å².